The van der Waals surface area contributed by atoms with Gasteiger partial charge in [-0.25, -0.2) is 4.39 Å². The maximum atomic E-state index is 14.2. The molecule has 114 valence electrons. The van der Waals surface area contributed by atoms with Crippen LogP contribution < -0.4 is 5.32 Å². The molecule has 2 aromatic rings. The molecule has 1 aromatic carbocycles. The second kappa shape index (κ2) is 6.77. The van der Waals surface area contributed by atoms with E-state index in [9.17, 15) is 4.39 Å². The van der Waals surface area contributed by atoms with Gasteiger partial charge in [-0.3, -0.25) is 4.68 Å². The molecule has 1 aromatic heterocycles. The highest BCUT2D eigenvalue weighted by Gasteiger charge is 2.20. The average molecular weight is 330 g/mol. The predicted octanol–water partition coefficient (Wildman–Crippen LogP) is 4.07. The highest BCUT2D eigenvalue weighted by Crippen LogP contribution is 2.28. The maximum absolute atomic E-state index is 14.2. The summed E-state index contributed by atoms with van der Waals surface area (Å²) in [7, 11) is 1.84. The Labute approximate surface area is 134 Å². The maximum Gasteiger partial charge on any atom is 0.129 e. The van der Waals surface area contributed by atoms with E-state index in [1.165, 1.54) is 6.07 Å². The van der Waals surface area contributed by atoms with Crippen molar-refractivity contribution in [2.24, 2.45) is 7.05 Å². The van der Waals surface area contributed by atoms with Crippen LogP contribution in [0.15, 0.2) is 18.2 Å². The molecule has 0 aliphatic carbocycles. The third-order valence-corrected chi connectivity index (χ3v) is 4.17. The second-order valence-corrected chi connectivity index (χ2v) is 5.76. The highest BCUT2D eigenvalue weighted by molar-refractivity contribution is 6.31. The van der Waals surface area contributed by atoms with E-state index < -0.39 is 0 Å². The molecule has 1 atom stereocenters. The topological polar surface area (TPSA) is 29.9 Å². The fourth-order valence-electron chi connectivity index (χ4n) is 2.42. The molecule has 0 radical (unpaired) electrons. The molecule has 1 heterocycles. The number of benzene rings is 1. The predicted molar refractivity (Wildman–Crippen MR) is 84.5 cm³/mol. The summed E-state index contributed by atoms with van der Waals surface area (Å²) in [5, 5.41) is 8.61. The molecule has 6 heteroatoms. The van der Waals surface area contributed by atoms with Crippen molar-refractivity contribution in [3.63, 3.8) is 0 Å². The quantitative estimate of drug-likeness (QED) is 0.896. The molecule has 0 aliphatic heterocycles. The summed E-state index contributed by atoms with van der Waals surface area (Å²) in [6.45, 7) is 4.56. The van der Waals surface area contributed by atoms with E-state index in [1.54, 1.807) is 16.8 Å². The standard InChI is InChI=1S/C15H18Cl2FN3/c1-4-19-13(11-6-5-10(16)7-12(11)18)8-14-15(17)9(2)20-21(14)3/h5-7,13,19H,4,8H2,1-3H3. The van der Waals surface area contributed by atoms with Gasteiger partial charge in [-0.05, 0) is 25.6 Å². The third kappa shape index (κ3) is 3.57. The Bertz CT molecular complexity index is 640. The molecule has 0 spiro atoms. The third-order valence-electron chi connectivity index (χ3n) is 3.45. The largest absolute Gasteiger partial charge is 0.310 e. The van der Waals surface area contributed by atoms with E-state index in [0.29, 0.717) is 22.0 Å². The Kier molecular flexibility index (Phi) is 5.25. The van der Waals surface area contributed by atoms with E-state index in [0.717, 1.165) is 17.9 Å². The Hall–Kier alpha value is -1.10. The fraction of sp³-hybridized carbons (Fsp3) is 0.400. The van der Waals surface area contributed by atoms with Crippen LogP contribution in [-0.4, -0.2) is 16.3 Å². The second-order valence-electron chi connectivity index (χ2n) is 4.95. The number of aryl methyl sites for hydroxylation is 2. The lowest BCUT2D eigenvalue weighted by atomic mass is 10.0. The van der Waals surface area contributed by atoms with Crippen molar-refractivity contribution in [1.82, 2.24) is 15.1 Å². The van der Waals surface area contributed by atoms with Gasteiger partial charge in [0, 0.05) is 30.1 Å². The molecule has 1 unspecified atom stereocenters. The van der Waals surface area contributed by atoms with Gasteiger partial charge in [-0.1, -0.05) is 36.2 Å². The molecular formula is C15H18Cl2FN3. The van der Waals surface area contributed by atoms with Gasteiger partial charge in [0.15, 0.2) is 0 Å². The molecule has 0 amide bonds. The number of nitrogens with zero attached hydrogens (tertiary/aromatic N) is 2. The smallest absolute Gasteiger partial charge is 0.129 e. The molecule has 1 N–H and O–H groups in total. The zero-order valence-electron chi connectivity index (χ0n) is 12.3. The summed E-state index contributed by atoms with van der Waals surface area (Å²) in [5.74, 6) is -0.316. The lowest BCUT2D eigenvalue weighted by Gasteiger charge is -2.19. The van der Waals surface area contributed by atoms with Gasteiger partial charge >= 0.3 is 0 Å². The monoisotopic (exact) mass is 329 g/mol. The van der Waals surface area contributed by atoms with Crippen LogP contribution in [0.2, 0.25) is 10.0 Å². The first-order valence-electron chi connectivity index (χ1n) is 6.80. The summed E-state index contributed by atoms with van der Waals surface area (Å²) in [5.41, 5.74) is 2.24. The van der Waals surface area contributed by atoms with Crippen LogP contribution in [-0.2, 0) is 13.5 Å². The lowest BCUT2D eigenvalue weighted by molar-refractivity contribution is 0.497. The van der Waals surface area contributed by atoms with Gasteiger partial charge < -0.3 is 5.32 Å². The molecule has 2 rings (SSSR count). The van der Waals surface area contributed by atoms with Crippen molar-refractivity contribution < 1.29 is 4.39 Å². The average Bonchev–Trinajstić information content (AvgIpc) is 2.65. The van der Waals surface area contributed by atoms with Crippen molar-refractivity contribution in [2.45, 2.75) is 26.3 Å². The number of hydrogen-bond donors (Lipinski definition) is 1. The summed E-state index contributed by atoms with van der Waals surface area (Å²) < 4.78 is 15.9. The highest BCUT2D eigenvalue weighted by atomic mass is 35.5. The van der Waals surface area contributed by atoms with Crippen molar-refractivity contribution in [2.75, 3.05) is 6.54 Å². The molecule has 0 saturated carbocycles. The molecule has 3 nitrogen and oxygen atoms in total. The van der Waals surface area contributed by atoms with Crippen LogP contribution >= 0.6 is 23.2 Å². The lowest BCUT2D eigenvalue weighted by Crippen LogP contribution is -2.25. The minimum absolute atomic E-state index is 0.181. The van der Waals surface area contributed by atoms with Crippen molar-refractivity contribution in [1.29, 1.82) is 0 Å². The van der Waals surface area contributed by atoms with Crippen molar-refractivity contribution >= 4 is 23.2 Å². The summed E-state index contributed by atoms with van der Waals surface area (Å²) in [6, 6.07) is 4.56. The van der Waals surface area contributed by atoms with Crippen LogP contribution in [0.25, 0.3) is 0 Å². The molecule has 0 saturated heterocycles. The molecule has 0 bridgehead atoms. The van der Waals surface area contributed by atoms with Crippen molar-refractivity contribution in [3.05, 3.63) is 51.0 Å². The van der Waals surface area contributed by atoms with Crippen LogP contribution in [0, 0.1) is 12.7 Å². The Morgan fingerprint density at radius 1 is 1.38 bits per heavy atom. The van der Waals surface area contributed by atoms with Gasteiger partial charge in [0.05, 0.1) is 16.4 Å². The van der Waals surface area contributed by atoms with Gasteiger partial charge in [0.25, 0.3) is 0 Å². The first kappa shape index (κ1) is 16.3. The minimum Gasteiger partial charge on any atom is -0.310 e. The zero-order chi connectivity index (χ0) is 15.6. The molecular weight excluding hydrogens is 312 g/mol. The van der Waals surface area contributed by atoms with E-state index >= 15 is 0 Å². The summed E-state index contributed by atoms with van der Waals surface area (Å²) >= 11 is 12.1. The van der Waals surface area contributed by atoms with Gasteiger partial charge in [-0.2, -0.15) is 5.10 Å². The van der Waals surface area contributed by atoms with E-state index in [1.807, 2.05) is 20.9 Å². The molecule has 0 aliphatic rings. The summed E-state index contributed by atoms with van der Waals surface area (Å²) in [6.07, 6.45) is 0.558. The SMILES string of the molecule is CCNC(Cc1c(Cl)c(C)nn1C)c1ccc(Cl)cc1F. The first-order valence-corrected chi connectivity index (χ1v) is 7.56. The number of likely N-dealkylation sites (N-methyl/N-ethyl adjacent to an activating group) is 1. The number of rotatable bonds is 5. The van der Waals surface area contributed by atoms with E-state index in [2.05, 4.69) is 10.4 Å². The van der Waals surface area contributed by atoms with Gasteiger partial charge in [0.1, 0.15) is 5.82 Å². The van der Waals surface area contributed by atoms with Crippen LogP contribution in [0.5, 0.6) is 0 Å². The van der Waals surface area contributed by atoms with Gasteiger partial charge in [0.2, 0.25) is 0 Å². The normalized spacial score (nSPS) is 12.7. The molecule has 21 heavy (non-hydrogen) atoms. The van der Waals surface area contributed by atoms with Gasteiger partial charge in [-0.15, -0.1) is 0 Å². The van der Waals surface area contributed by atoms with Crippen LogP contribution in [0.3, 0.4) is 0 Å². The Morgan fingerprint density at radius 3 is 2.62 bits per heavy atom. The van der Waals surface area contributed by atoms with Crippen LogP contribution in [0.1, 0.15) is 29.9 Å². The van der Waals surface area contributed by atoms with E-state index in [4.69, 9.17) is 23.2 Å². The first-order chi connectivity index (χ1) is 9.93. The summed E-state index contributed by atoms with van der Waals surface area (Å²) in [4.78, 5) is 0. The minimum atomic E-state index is -0.316. The number of halogens is 3. The van der Waals surface area contributed by atoms with Crippen molar-refractivity contribution in [3.8, 4) is 0 Å². The molecule has 0 fully saturated rings. The number of hydrogen-bond acceptors (Lipinski definition) is 2. The Balaban J connectivity index is 2.35. The number of nitrogens with one attached hydrogen (secondary N) is 1. The zero-order valence-corrected chi connectivity index (χ0v) is 13.8. The number of aromatic nitrogens is 2. The fourth-order valence-corrected chi connectivity index (χ4v) is 2.81. The van der Waals surface area contributed by atoms with E-state index in [-0.39, 0.29) is 11.9 Å². The Morgan fingerprint density at radius 2 is 2.10 bits per heavy atom. The van der Waals surface area contributed by atoms with Crippen LogP contribution in [0.4, 0.5) is 4.39 Å².